The van der Waals surface area contributed by atoms with Crippen molar-refractivity contribution < 1.29 is 18.3 Å². The number of aromatic nitrogens is 4. The highest BCUT2D eigenvalue weighted by Gasteiger charge is 2.08. The molecule has 2 aromatic carbocycles. The van der Waals surface area contributed by atoms with Gasteiger partial charge in [0.25, 0.3) is 0 Å². The van der Waals surface area contributed by atoms with Crippen LogP contribution in [0.5, 0.6) is 11.5 Å². The highest BCUT2D eigenvalue weighted by molar-refractivity contribution is 5.67. The maximum absolute atomic E-state index is 12.2. The molecule has 0 aliphatic heterocycles. The van der Waals surface area contributed by atoms with Gasteiger partial charge in [-0.2, -0.15) is 0 Å². The standard InChI is InChI=1S/C17H18FN3O.C16H16FN3O/c1-19-14-6-8-21-12-16(20-17(21)11-14)13-4-2-5-15(10-13)22-9-3-7-18;1-18-13-5-7-20-11-15(19-16(20)10-13)12-3-2-4-14(9-12)21-8-6-17/h2,4-6,8,10-12,19H,3,7,9H2,1H3;2-5,7,9-11,18H,6,8H2,1H3. The second-order valence-electron chi connectivity index (χ2n) is 9.60. The molecule has 0 spiro atoms. The molecule has 0 fully saturated rings. The van der Waals surface area contributed by atoms with Crippen molar-refractivity contribution in [2.75, 3.05) is 51.3 Å². The molecule has 0 saturated carbocycles. The maximum Gasteiger partial charge on any atom is 0.139 e. The lowest BCUT2D eigenvalue weighted by Crippen LogP contribution is -1.98. The number of halogens is 2. The van der Waals surface area contributed by atoms with Gasteiger partial charge in [-0.15, -0.1) is 0 Å². The third-order valence-electron chi connectivity index (χ3n) is 6.65. The molecule has 222 valence electrons. The molecule has 6 rings (SSSR count). The van der Waals surface area contributed by atoms with Crippen molar-refractivity contribution in [3.05, 3.63) is 97.6 Å². The van der Waals surface area contributed by atoms with E-state index in [2.05, 4.69) is 20.6 Å². The van der Waals surface area contributed by atoms with E-state index in [0.29, 0.717) is 18.8 Å². The predicted molar refractivity (Wildman–Crippen MR) is 168 cm³/mol. The second-order valence-corrected chi connectivity index (χ2v) is 9.60. The zero-order valence-electron chi connectivity index (χ0n) is 24.1. The van der Waals surface area contributed by atoms with E-state index in [1.165, 1.54) is 0 Å². The van der Waals surface area contributed by atoms with Gasteiger partial charge in [0.15, 0.2) is 0 Å². The van der Waals surface area contributed by atoms with Gasteiger partial charge in [0.2, 0.25) is 0 Å². The van der Waals surface area contributed by atoms with Gasteiger partial charge in [0, 0.05) is 79.9 Å². The Balaban J connectivity index is 0.000000171. The van der Waals surface area contributed by atoms with Crippen LogP contribution in [0.25, 0.3) is 33.8 Å². The molecule has 0 bridgehead atoms. The quantitative estimate of drug-likeness (QED) is 0.157. The number of benzene rings is 2. The summed E-state index contributed by atoms with van der Waals surface area (Å²) >= 11 is 0. The first-order chi connectivity index (χ1) is 21.1. The van der Waals surface area contributed by atoms with Crippen molar-refractivity contribution in [2.24, 2.45) is 0 Å². The number of anilines is 2. The minimum Gasteiger partial charge on any atom is -0.493 e. The van der Waals surface area contributed by atoms with Crippen LogP contribution in [0.4, 0.5) is 20.2 Å². The molecule has 0 aliphatic rings. The number of nitrogens with one attached hydrogen (secondary N) is 2. The molecule has 2 N–H and O–H groups in total. The Morgan fingerprint density at radius 1 is 0.651 bits per heavy atom. The summed E-state index contributed by atoms with van der Waals surface area (Å²) in [5.74, 6) is 1.39. The van der Waals surface area contributed by atoms with E-state index in [1.807, 2.05) is 120 Å². The van der Waals surface area contributed by atoms with Crippen LogP contribution in [-0.4, -0.2) is 59.4 Å². The number of rotatable bonds is 11. The van der Waals surface area contributed by atoms with Crippen LogP contribution >= 0.6 is 0 Å². The van der Waals surface area contributed by atoms with Crippen molar-refractivity contribution >= 4 is 22.7 Å². The maximum atomic E-state index is 12.2. The largest absolute Gasteiger partial charge is 0.493 e. The molecule has 4 aromatic heterocycles. The summed E-state index contributed by atoms with van der Waals surface area (Å²) in [6.45, 7) is -0.401. The van der Waals surface area contributed by atoms with Gasteiger partial charge in [-0.3, -0.25) is 4.39 Å². The topological polar surface area (TPSA) is 77.1 Å². The van der Waals surface area contributed by atoms with Crippen molar-refractivity contribution in [1.29, 1.82) is 0 Å². The number of nitrogens with zero attached hydrogens (tertiary/aromatic N) is 4. The summed E-state index contributed by atoms with van der Waals surface area (Å²) in [5.41, 5.74) is 7.44. The van der Waals surface area contributed by atoms with Crippen molar-refractivity contribution in [1.82, 2.24) is 18.8 Å². The number of imidazole rings is 2. The Morgan fingerprint density at radius 2 is 1.16 bits per heavy atom. The lowest BCUT2D eigenvalue weighted by Gasteiger charge is -2.05. The molecule has 6 aromatic rings. The summed E-state index contributed by atoms with van der Waals surface area (Å²) in [6.07, 6.45) is 8.28. The first-order valence-electron chi connectivity index (χ1n) is 14.0. The molecular formula is C33H34F2N6O2. The average Bonchev–Trinajstić information content (AvgIpc) is 3.68. The minimum atomic E-state index is -0.495. The molecule has 0 unspecified atom stereocenters. The molecule has 0 aliphatic carbocycles. The summed E-state index contributed by atoms with van der Waals surface area (Å²) in [5, 5.41) is 6.19. The van der Waals surface area contributed by atoms with Crippen molar-refractivity contribution in [3.63, 3.8) is 0 Å². The highest BCUT2D eigenvalue weighted by Crippen LogP contribution is 2.26. The molecule has 0 amide bonds. The van der Waals surface area contributed by atoms with Gasteiger partial charge in [0.1, 0.15) is 36.1 Å². The Bertz CT molecular complexity index is 1780. The molecular weight excluding hydrogens is 550 g/mol. The van der Waals surface area contributed by atoms with Crippen LogP contribution in [0.2, 0.25) is 0 Å². The van der Waals surface area contributed by atoms with Gasteiger partial charge in [-0.25, -0.2) is 14.4 Å². The smallest absolute Gasteiger partial charge is 0.139 e. The van der Waals surface area contributed by atoms with Gasteiger partial charge >= 0.3 is 0 Å². The van der Waals surface area contributed by atoms with Crippen molar-refractivity contribution in [3.8, 4) is 34.0 Å². The van der Waals surface area contributed by atoms with Gasteiger partial charge in [0.05, 0.1) is 24.7 Å². The van der Waals surface area contributed by atoms with Gasteiger partial charge in [-0.1, -0.05) is 24.3 Å². The summed E-state index contributed by atoms with van der Waals surface area (Å²) in [6, 6.07) is 23.2. The molecule has 0 atom stereocenters. The molecule has 10 heteroatoms. The highest BCUT2D eigenvalue weighted by atomic mass is 19.1. The fraction of sp³-hybridized carbons (Fsp3) is 0.212. The van der Waals surface area contributed by atoms with Gasteiger partial charge in [-0.05, 0) is 36.4 Å². The van der Waals surface area contributed by atoms with Crippen molar-refractivity contribution in [2.45, 2.75) is 6.42 Å². The molecule has 8 nitrogen and oxygen atoms in total. The normalized spacial score (nSPS) is 10.8. The minimum absolute atomic E-state index is 0.0696. The molecule has 43 heavy (non-hydrogen) atoms. The average molecular weight is 585 g/mol. The lowest BCUT2D eigenvalue weighted by atomic mass is 10.1. The van der Waals surface area contributed by atoms with Crippen LogP contribution < -0.4 is 20.1 Å². The number of fused-ring (bicyclic) bond motifs is 2. The third-order valence-corrected chi connectivity index (χ3v) is 6.65. The Hall–Kier alpha value is -5.12. The summed E-state index contributed by atoms with van der Waals surface area (Å²) in [4.78, 5) is 9.24. The number of hydrogen-bond donors (Lipinski definition) is 2. The summed E-state index contributed by atoms with van der Waals surface area (Å²) in [7, 11) is 3.76. The number of pyridine rings is 2. The van der Waals surface area contributed by atoms with E-state index in [-0.39, 0.29) is 13.3 Å². The lowest BCUT2D eigenvalue weighted by molar-refractivity contribution is 0.273. The fourth-order valence-electron chi connectivity index (χ4n) is 4.44. The van der Waals surface area contributed by atoms with E-state index < -0.39 is 6.67 Å². The van der Waals surface area contributed by atoms with Gasteiger partial charge < -0.3 is 28.9 Å². The SMILES string of the molecule is CNc1ccn2cc(-c3cccc(OCCCF)c3)nc2c1.CNc1ccn2cc(-c3cccc(OCCF)c3)nc2c1. The van der Waals surface area contributed by atoms with Crippen LogP contribution in [0.3, 0.4) is 0 Å². The zero-order valence-corrected chi connectivity index (χ0v) is 24.1. The monoisotopic (exact) mass is 584 g/mol. The van der Waals surface area contributed by atoms with Crippen LogP contribution in [0, 0.1) is 0 Å². The zero-order chi connectivity index (χ0) is 30.0. The van der Waals surface area contributed by atoms with E-state index in [0.717, 1.165) is 50.9 Å². The fourth-order valence-corrected chi connectivity index (χ4v) is 4.44. The van der Waals surface area contributed by atoms with E-state index in [1.54, 1.807) is 0 Å². The predicted octanol–water partition coefficient (Wildman–Crippen LogP) is 7.17. The van der Waals surface area contributed by atoms with E-state index in [9.17, 15) is 8.78 Å². The molecule has 0 saturated heterocycles. The van der Waals surface area contributed by atoms with E-state index >= 15 is 0 Å². The third kappa shape index (κ3) is 7.40. The number of hydrogen-bond acceptors (Lipinski definition) is 6. The number of ether oxygens (including phenoxy) is 2. The summed E-state index contributed by atoms with van der Waals surface area (Å²) < 4.78 is 39.1. The number of alkyl halides is 2. The second kappa shape index (κ2) is 14.2. The Morgan fingerprint density at radius 3 is 1.63 bits per heavy atom. The van der Waals surface area contributed by atoms with Crippen LogP contribution in [-0.2, 0) is 0 Å². The Kier molecular flexibility index (Phi) is 9.68. The first kappa shape index (κ1) is 29.4. The van der Waals surface area contributed by atoms with Crippen LogP contribution in [0.1, 0.15) is 6.42 Å². The van der Waals surface area contributed by atoms with Crippen LogP contribution in [0.15, 0.2) is 97.6 Å². The molecule has 4 heterocycles. The molecule has 0 radical (unpaired) electrons. The first-order valence-corrected chi connectivity index (χ1v) is 14.0. The Labute approximate surface area is 248 Å². The van der Waals surface area contributed by atoms with E-state index in [4.69, 9.17) is 9.47 Å².